The third-order valence-corrected chi connectivity index (χ3v) is 6.32. The van der Waals surface area contributed by atoms with Crippen molar-refractivity contribution >= 4 is 28.6 Å². The Morgan fingerprint density at radius 3 is 2.33 bits per heavy atom. The Bertz CT molecular complexity index is 1360. The van der Waals surface area contributed by atoms with Crippen molar-refractivity contribution in [1.29, 1.82) is 0 Å². The molecule has 1 saturated heterocycles. The van der Waals surface area contributed by atoms with Gasteiger partial charge in [0.05, 0.1) is 12.0 Å². The monoisotopic (exact) mass is 494 g/mol. The zero-order valence-corrected chi connectivity index (χ0v) is 19.7. The lowest BCUT2D eigenvalue weighted by Gasteiger charge is -2.32. The quantitative estimate of drug-likeness (QED) is 0.443. The molecular weight excluding hydrogens is 469 g/mol. The maximum Gasteiger partial charge on any atom is 0.416 e. The van der Waals surface area contributed by atoms with Gasteiger partial charge in [-0.05, 0) is 55.1 Å². The highest BCUT2D eigenvalue weighted by Gasteiger charge is 2.30. The molecule has 7 nitrogen and oxygen atoms in total. The Hall–Kier alpha value is -3.92. The van der Waals surface area contributed by atoms with Crippen LogP contribution in [0.1, 0.15) is 11.1 Å². The Balaban J connectivity index is 1.30. The molecule has 0 radical (unpaired) electrons. The Labute approximate surface area is 206 Å². The molecule has 0 aliphatic carbocycles. The molecule has 2 aromatic carbocycles. The average Bonchev–Trinajstić information content (AvgIpc) is 3.28. The number of hydrogen-bond donors (Lipinski definition) is 1. The Morgan fingerprint density at radius 1 is 0.972 bits per heavy atom. The number of nitrogens with one attached hydrogen (secondary N) is 1. The van der Waals surface area contributed by atoms with Gasteiger partial charge in [-0.25, -0.2) is 4.98 Å². The number of halogens is 3. The molecule has 0 unspecified atom stereocenters. The maximum absolute atomic E-state index is 12.8. The molecule has 186 valence electrons. The Morgan fingerprint density at radius 2 is 1.67 bits per heavy atom. The van der Waals surface area contributed by atoms with E-state index in [1.807, 2.05) is 46.0 Å². The van der Waals surface area contributed by atoms with Crippen LogP contribution in [-0.2, 0) is 17.4 Å². The number of nitrogens with zero attached hydrogens (tertiary/aromatic N) is 5. The van der Waals surface area contributed by atoms with Gasteiger partial charge in [0.15, 0.2) is 0 Å². The summed E-state index contributed by atoms with van der Waals surface area (Å²) in [5, 5.41) is 3.78. The number of carbonyl (C=O) groups excluding carboxylic acids is 1. The molecule has 0 saturated carbocycles. The minimum absolute atomic E-state index is 0.133. The molecule has 1 N–H and O–H groups in total. The van der Waals surface area contributed by atoms with E-state index >= 15 is 0 Å². The number of carbonyl (C=O) groups is 1. The van der Waals surface area contributed by atoms with Gasteiger partial charge in [-0.2, -0.15) is 18.2 Å². The highest BCUT2D eigenvalue weighted by Crippen LogP contribution is 2.30. The van der Waals surface area contributed by atoms with E-state index in [1.165, 1.54) is 12.1 Å². The van der Waals surface area contributed by atoms with Crippen molar-refractivity contribution < 1.29 is 18.0 Å². The lowest BCUT2D eigenvalue weighted by molar-refractivity contribution is -0.137. The molecule has 2 aromatic heterocycles. The molecule has 0 spiro atoms. The topological polar surface area (TPSA) is 66.3 Å². The summed E-state index contributed by atoms with van der Waals surface area (Å²) in [4.78, 5) is 25.6. The van der Waals surface area contributed by atoms with Gasteiger partial charge in [0.1, 0.15) is 5.65 Å². The SMILES string of the molecule is CN1CCN(C(=O)Cc2ccc(-n3ccc4cnc(Nc5ccc(C(F)(F)F)cc5)nc43)cc2)CC1. The van der Waals surface area contributed by atoms with Crippen LogP contribution in [0, 0.1) is 0 Å². The largest absolute Gasteiger partial charge is 0.416 e. The van der Waals surface area contributed by atoms with Crippen molar-refractivity contribution in [2.24, 2.45) is 0 Å². The van der Waals surface area contributed by atoms with Crippen LogP contribution in [0.25, 0.3) is 16.7 Å². The first kappa shape index (κ1) is 23.8. The number of piperazine rings is 1. The minimum atomic E-state index is -4.39. The van der Waals surface area contributed by atoms with Gasteiger partial charge in [0.2, 0.25) is 11.9 Å². The van der Waals surface area contributed by atoms with Crippen LogP contribution in [0.3, 0.4) is 0 Å². The first-order valence-electron chi connectivity index (χ1n) is 11.6. The first-order chi connectivity index (χ1) is 17.3. The summed E-state index contributed by atoms with van der Waals surface area (Å²) < 4.78 is 40.3. The van der Waals surface area contributed by atoms with Gasteiger partial charge in [-0.1, -0.05) is 12.1 Å². The van der Waals surface area contributed by atoms with Crippen LogP contribution in [-0.4, -0.2) is 63.5 Å². The van der Waals surface area contributed by atoms with Gasteiger partial charge in [-0.3, -0.25) is 4.79 Å². The molecule has 0 atom stereocenters. The normalized spacial score (nSPS) is 14.8. The lowest BCUT2D eigenvalue weighted by atomic mass is 10.1. The molecule has 1 aliphatic rings. The van der Waals surface area contributed by atoms with E-state index in [-0.39, 0.29) is 11.9 Å². The number of likely N-dealkylation sites (N-methyl/N-ethyl adjacent to an activating group) is 1. The van der Waals surface area contributed by atoms with Crippen LogP contribution in [0.5, 0.6) is 0 Å². The van der Waals surface area contributed by atoms with E-state index in [9.17, 15) is 18.0 Å². The van der Waals surface area contributed by atoms with Crippen molar-refractivity contribution in [3.8, 4) is 5.69 Å². The molecule has 5 rings (SSSR count). The van der Waals surface area contributed by atoms with Crippen LogP contribution >= 0.6 is 0 Å². The number of aromatic nitrogens is 3. The molecule has 1 amide bonds. The summed E-state index contributed by atoms with van der Waals surface area (Å²) in [6, 6.07) is 14.4. The fraction of sp³-hybridized carbons (Fsp3) is 0.269. The highest BCUT2D eigenvalue weighted by atomic mass is 19.4. The van der Waals surface area contributed by atoms with E-state index in [1.54, 1.807) is 6.20 Å². The number of alkyl halides is 3. The molecule has 0 bridgehead atoms. The van der Waals surface area contributed by atoms with E-state index in [4.69, 9.17) is 0 Å². The van der Waals surface area contributed by atoms with Gasteiger partial charge in [-0.15, -0.1) is 0 Å². The maximum atomic E-state index is 12.8. The second-order valence-corrected chi connectivity index (χ2v) is 8.89. The minimum Gasteiger partial charge on any atom is -0.340 e. The van der Waals surface area contributed by atoms with Gasteiger partial charge in [0.25, 0.3) is 0 Å². The first-order valence-corrected chi connectivity index (χ1v) is 11.6. The highest BCUT2D eigenvalue weighted by molar-refractivity contribution is 5.80. The molecule has 36 heavy (non-hydrogen) atoms. The predicted octanol–water partition coefficient (Wildman–Crippen LogP) is 4.50. The van der Waals surface area contributed by atoms with Gasteiger partial charge in [0, 0.05) is 55.3 Å². The number of fused-ring (bicyclic) bond motifs is 1. The number of amides is 1. The smallest absolute Gasteiger partial charge is 0.340 e. The summed E-state index contributed by atoms with van der Waals surface area (Å²) in [5.74, 6) is 0.408. The summed E-state index contributed by atoms with van der Waals surface area (Å²) in [5.41, 5.74) is 2.21. The van der Waals surface area contributed by atoms with Crippen molar-refractivity contribution in [1.82, 2.24) is 24.3 Å². The fourth-order valence-electron chi connectivity index (χ4n) is 4.18. The van der Waals surface area contributed by atoms with E-state index in [0.29, 0.717) is 17.8 Å². The second-order valence-electron chi connectivity index (χ2n) is 8.89. The standard InChI is InChI=1S/C26H25F3N6O/c1-33-12-14-34(15-13-33)23(36)16-18-2-8-22(9-3-18)35-11-10-19-17-30-25(32-24(19)35)31-21-6-4-20(5-7-21)26(27,28)29/h2-11,17H,12-16H2,1H3,(H,30,31,32). The van der Waals surface area contributed by atoms with E-state index in [2.05, 4.69) is 27.2 Å². The Kier molecular flexibility index (Phi) is 6.36. The molecule has 1 aliphatic heterocycles. The van der Waals surface area contributed by atoms with Crippen molar-refractivity contribution in [3.05, 3.63) is 78.1 Å². The van der Waals surface area contributed by atoms with E-state index < -0.39 is 11.7 Å². The molecule has 4 aromatic rings. The van der Waals surface area contributed by atoms with Gasteiger partial charge >= 0.3 is 6.18 Å². The summed E-state index contributed by atoms with van der Waals surface area (Å²) in [6.07, 6.45) is -0.484. The molecular formula is C26H25F3N6O. The van der Waals surface area contributed by atoms with Crippen molar-refractivity contribution in [3.63, 3.8) is 0 Å². The third-order valence-electron chi connectivity index (χ3n) is 6.32. The van der Waals surface area contributed by atoms with Crippen molar-refractivity contribution in [2.45, 2.75) is 12.6 Å². The number of anilines is 2. The molecule has 10 heteroatoms. The summed E-state index contributed by atoms with van der Waals surface area (Å²) in [7, 11) is 2.06. The zero-order valence-electron chi connectivity index (χ0n) is 19.7. The summed E-state index contributed by atoms with van der Waals surface area (Å²) in [6.45, 7) is 3.29. The third kappa shape index (κ3) is 5.18. The predicted molar refractivity (Wildman–Crippen MR) is 131 cm³/mol. The molecule has 3 heterocycles. The van der Waals surface area contributed by atoms with Gasteiger partial charge < -0.3 is 19.7 Å². The second kappa shape index (κ2) is 9.62. The van der Waals surface area contributed by atoms with Crippen LogP contribution < -0.4 is 5.32 Å². The van der Waals surface area contributed by atoms with Crippen LogP contribution in [0.4, 0.5) is 24.8 Å². The number of benzene rings is 2. The lowest BCUT2D eigenvalue weighted by Crippen LogP contribution is -2.47. The van der Waals surface area contributed by atoms with Crippen molar-refractivity contribution in [2.75, 3.05) is 38.5 Å². The van der Waals surface area contributed by atoms with Crippen LogP contribution in [0.15, 0.2) is 67.0 Å². The molecule has 1 fully saturated rings. The van der Waals surface area contributed by atoms with Crippen LogP contribution in [0.2, 0.25) is 0 Å². The average molecular weight is 495 g/mol. The fourth-order valence-corrected chi connectivity index (χ4v) is 4.18. The number of rotatable bonds is 5. The summed E-state index contributed by atoms with van der Waals surface area (Å²) >= 11 is 0. The van der Waals surface area contributed by atoms with E-state index in [0.717, 1.165) is 54.9 Å². The zero-order chi connectivity index (χ0) is 25.3. The number of hydrogen-bond acceptors (Lipinski definition) is 5.